The largest absolute Gasteiger partial charge is 0.493 e. The number of ether oxygens (including phenoxy) is 1. The number of hydrogen-bond donors (Lipinski definition) is 1. The summed E-state index contributed by atoms with van der Waals surface area (Å²) in [5, 5.41) is 4.58. The quantitative estimate of drug-likeness (QED) is 0.697. The van der Waals surface area contributed by atoms with E-state index in [1.807, 2.05) is 43.3 Å². The first kappa shape index (κ1) is 15.1. The Morgan fingerprint density at radius 1 is 1.09 bits per heavy atom. The van der Waals surface area contributed by atoms with Crippen LogP contribution in [0.2, 0.25) is 0 Å². The van der Waals surface area contributed by atoms with Gasteiger partial charge in [0.25, 0.3) is 5.91 Å². The van der Waals surface area contributed by atoms with Crippen molar-refractivity contribution in [2.45, 2.75) is 13.8 Å². The maximum atomic E-state index is 12.2. The molecule has 118 valence electrons. The third-order valence-corrected chi connectivity index (χ3v) is 3.80. The molecule has 0 atom stereocenters. The smallest absolute Gasteiger partial charge is 0.328 e. The predicted octanol–water partition coefficient (Wildman–Crippen LogP) is 3.15. The molecule has 3 rings (SSSR count). The molecule has 1 N–H and O–H groups in total. The summed E-state index contributed by atoms with van der Waals surface area (Å²) in [6, 6.07) is 11.2. The number of nitrogens with one attached hydrogen (secondary N) is 1. The summed E-state index contributed by atoms with van der Waals surface area (Å²) in [6.45, 7) is 4.65. The Morgan fingerprint density at radius 2 is 1.83 bits per heavy atom. The van der Waals surface area contributed by atoms with Crippen LogP contribution in [0.4, 0.5) is 4.79 Å². The van der Waals surface area contributed by atoms with Crippen LogP contribution in [-0.2, 0) is 4.79 Å². The summed E-state index contributed by atoms with van der Waals surface area (Å²) < 4.78 is 5.65. The van der Waals surface area contributed by atoms with Crippen LogP contribution in [0.25, 0.3) is 16.8 Å². The van der Waals surface area contributed by atoms with Crippen molar-refractivity contribution >= 4 is 28.8 Å². The molecule has 0 bridgehead atoms. The number of fused-ring (bicyclic) bond motifs is 1. The van der Waals surface area contributed by atoms with Gasteiger partial charge in [0.2, 0.25) is 0 Å². The molecule has 0 unspecified atom stereocenters. The van der Waals surface area contributed by atoms with Gasteiger partial charge in [0.05, 0.1) is 6.61 Å². The molecule has 2 aromatic rings. The molecule has 5 heteroatoms. The van der Waals surface area contributed by atoms with E-state index >= 15 is 0 Å². The minimum absolute atomic E-state index is 0.296. The molecular formula is C18H18N2O3. The van der Waals surface area contributed by atoms with E-state index in [1.165, 1.54) is 4.90 Å². The third kappa shape index (κ3) is 2.65. The molecule has 3 amide bonds. The fourth-order valence-electron chi connectivity index (χ4n) is 2.72. The van der Waals surface area contributed by atoms with Crippen LogP contribution >= 0.6 is 0 Å². The minimum Gasteiger partial charge on any atom is -0.493 e. The monoisotopic (exact) mass is 310 g/mol. The number of urea groups is 1. The first-order valence-electron chi connectivity index (χ1n) is 7.64. The average molecular weight is 310 g/mol. The Bertz CT molecular complexity index is 811. The third-order valence-electron chi connectivity index (χ3n) is 3.80. The van der Waals surface area contributed by atoms with E-state index in [1.54, 1.807) is 13.0 Å². The summed E-state index contributed by atoms with van der Waals surface area (Å²) in [7, 11) is 0. The van der Waals surface area contributed by atoms with Gasteiger partial charge in [0.15, 0.2) is 0 Å². The normalized spacial score (nSPS) is 16.3. The summed E-state index contributed by atoms with van der Waals surface area (Å²) >= 11 is 0. The molecule has 1 fully saturated rings. The minimum atomic E-state index is -0.376. The zero-order valence-electron chi connectivity index (χ0n) is 13.1. The Labute approximate surface area is 134 Å². The van der Waals surface area contributed by atoms with Gasteiger partial charge in [0, 0.05) is 11.9 Å². The molecular weight excluding hydrogens is 292 g/mol. The van der Waals surface area contributed by atoms with E-state index in [-0.39, 0.29) is 11.9 Å². The van der Waals surface area contributed by atoms with Gasteiger partial charge in [-0.2, -0.15) is 0 Å². The highest BCUT2D eigenvalue weighted by atomic mass is 16.5. The van der Waals surface area contributed by atoms with Crippen LogP contribution in [0, 0.1) is 0 Å². The summed E-state index contributed by atoms with van der Waals surface area (Å²) in [5.41, 5.74) is 1.16. The standard InChI is InChI=1S/C18H18N2O3/c1-3-20-17(21)15(19-18(20)22)11-12-9-10-16(23-4-2)14-8-6-5-7-13(12)14/h5-11H,3-4H2,1-2H3,(H,19,22)/b15-11+. The van der Waals surface area contributed by atoms with E-state index in [0.29, 0.717) is 18.8 Å². The number of imide groups is 1. The maximum Gasteiger partial charge on any atom is 0.328 e. The number of rotatable bonds is 4. The average Bonchev–Trinajstić information content (AvgIpc) is 2.83. The molecule has 5 nitrogen and oxygen atoms in total. The topological polar surface area (TPSA) is 58.6 Å². The second kappa shape index (κ2) is 6.12. The molecule has 23 heavy (non-hydrogen) atoms. The van der Waals surface area contributed by atoms with Crippen LogP contribution in [0.5, 0.6) is 5.75 Å². The Balaban J connectivity index is 2.08. The predicted molar refractivity (Wildman–Crippen MR) is 89.0 cm³/mol. The van der Waals surface area contributed by atoms with E-state index in [9.17, 15) is 9.59 Å². The van der Waals surface area contributed by atoms with Crippen LogP contribution in [0.1, 0.15) is 19.4 Å². The molecule has 0 aromatic heterocycles. The number of benzene rings is 2. The first-order chi connectivity index (χ1) is 11.2. The van der Waals surface area contributed by atoms with Gasteiger partial charge in [0.1, 0.15) is 11.4 Å². The molecule has 2 aromatic carbocycles. The van der Waals surface area contributed by atoms with Gasteiger partial charge in [-0.3, -0.25) is 9.69 Å². The maximum absolute atomic E-state index is 12.2. The Morgan fingerprint density at radius 3 is 2.48 bits per heavy atom. The van der Waals surface area contributed by atoms with Gasteiger partial charge in [-0.25, -0.2) is 4.79 Å². The van der Waals surface area contributed by atoms with Crippen molar-refractivity contribution in [3.8, 4) is 5.75 Å². The summed E-state index contributed by atoms with van der Waals surface area (Å²) in [4.78, 5) is 25.1. The van der Waals surface area contributed by atoms with Gasteiger partial charge in [-0.05, 0) is 36.9 Å². The zero-order chi connectivity index (χ0) is 16.4. The Hall–Kier alpha value is -2.82. The molecule has 1 aliphatic rings. The zero-order valence-corrected chi connectivity index (χ0v) is 13.1. The van der Waals surface area contributed by atoms with E-state index in [2.05, 4.69) is 5.32 Å². The van der Waals surface area contributed by atoms with Crippen molar-refractivity contribution < 1.29 is 14.3 Å². The highest BCUT2D eigenvalue weighted by Gasteiger charge is 2.32. The fraction of sp³-hybridized carbons (Fsp3) is 0.222. The number of amides is 3. The van der Waals surface area contributed by atoms with E-state index in [4.69, 9.17) is 4.74 Å². The highest BCUT2D eigenvalue weighted by Crippen LogP contribution is 2.30. The van der Waals surface area contributed by atoms with E-state index in [0.717, 1.165) is 22.1 Å². The second-order valence-electron chi connectivity index (χ2n) is 5.17. The number of nitrogens with zero attached hydrogens (tertiary/aromatic N) is 1. The van der Waals surface area contributed by atoms with Crippen LogP contribution in [0.15, 0.2) is 42.1 Å². The van der Waals surface area contributed by atoms with Gasteiger partial charge in [-0.15, -0.1) is 0 Å². The lowest BCUT2D eigenvalue weighted by Crippen LogP contribution is -2.30. The number of carbonyl (C=O) groups excluding carboxylic acids is 2. The summed E-state index contributed by atoms with van der Waals surface area (Å²) in [5.74, 6) is 0.512. The van der Waals surface area contributed by atoms with E-state index < -0.39 is 0 Å². The highest BCUT2D eigenvalue weighted by molar-refractivity contribution is 6.14. The second-order valence-corrected chi connectivity index (χ2v) is 5.17. The van der Waals surface area contributed by atoms with Crippen molar-refractivity contribution in [1.82, 2.24) is 10.2 Å². The molecule has 1 heterocycles. The van der Waals surface area contributed by atoms with Gasteiger partial charge in [-0.1, -0.05) is 30.3 Å². The lowest BCUT2D eigenvalue weighted by Gasteiger charge is -2.10. The van der Waals surface area contributed by atoms with Crippen LogP contribution in [0.3, 0.4) is 0 Å². The fourth-order valence-corrected chi connectivity index (χ4v) is 2.72. The molecule has 0 aliphatic carbocycles. The lowest BCUT2D eigenvalue weighted by molar-refractivity contribution is -0.122. The first-order valence-corrected chi connectivity index (χ1v) is 7.64. The summed E-state index contributed by atoms with van der Waals surface area (Å²) in [6.07, 6.45) is 1.72. The molecule has 0 spiro atoms. The van der Waals surface area contributed by atoms with Crippen molar-refractivity contribution in [3.63, 3.8) is 0 Å². The molecule has 1 saturated heterocycles. The molecule has 0 radical (unpaired) electrons. The lowest BCUT2D eigenvalue weighted by atomic mass is 10.0. The van der Waals surface area contributed by atoms with Gasteiger partial charge < -0.3 is 10.1 Å². The molecule has 0 saturated carbocycles. The van der Waals surface area contributed by atoms with Crippen LogP contribution in [-0.4, -0.2) is 30.0 Å². The number of carbonyl (C=O) groups is 2. The van der Waals surface area contributed by atoms with Crippen molar-refractivity contribution in [2.75, 3.05) is 13.2 Å². The number of hydrogen-bond acceptors (Lipinski definition) is 3. The van der Waals surface area contributed by atoms with Gasteiger partial charge >= 0.3 is 6.03 Å². The van der Waals surface area contributed by atoms with Crippen molar-refractivity contribution in [1.29, 1.82) is 0 Å². The Kier molecular flexibility index (Phi) is 4.02. The van der Waals surface area contributed by atoms with Crippen molar-refractivity contribution in [3.05, 3.63) is 47.7 Å². The number of likely N-dealkylation sites (N-methyl/N-ethyl adjacent to an activating group) is 1. The van der Waals surface area contributed by atoms with Crippen molar-refractivity contribution in [2.24, 2.45) is 0 Å². The molecule has 1 aliphatic heterocycles. The van der Waals surface area contributed by atoms with Crippen LogP contribution < -0.4 is 10.1 Å². The SMILES string of the molecule is CCOc1ccc(/C=C2/NC(=O)N(CC)C2=O)c2ccccc12.